The van der Waals surface area contributed by atoms with E-state index >= 15 is 0 Å². The number of nitrogens with zero attached hydrogens (tertiary/aromatic N) is 1. The predicted octanol–water partition coefficient (Wildman–Crippen LogP) is 3.09. The van der Waals surface area contributed by atoms with Gasteiger partial charge in [0.1, 0.15) is 5.82 Å². The molecule has 1 fully saturated rings. The lowest BCUT2D eigenvalue weighted by molar-refractivity contribution is 0.0943. The Hall–Kier alpha value is -1.29. The zero-order valence-electron chi connectivity index (χ0n) is 11.4. The van der Waals surface area contributed by atoms with Crippen molar-refractivity contribution in [1.82, 2.24) is 10.3 Å². The molecule has 2 N–H and O–H groups in total. The van der Waals surface area contributed by atoms with E-state index in [9.17, 15) is 4.79 Å². The largest absolute Gasteiger partial charge is 0.372 e. The van der Waals surface area contributed by atoms with Crippen LogP contribution in [0.4, 0.5) is 5.82 Å². The van der Waals surface area contributed by atoms with Gasteiger partial charge in [0, 0.05) is 19.8 Å². The third-order valence-electron chi connectivity index (χ3n) is 3.70. The number of halogens is 1. The topological polar surface area (TPSA) is 54.0 Å². The van der Waals surface area contributed by atoms with Gasteiger partial charge >= 0.3 is 0 Å². The molecule has 1 aromatic heterocycles. The van der Waals surface area contributed by atoms with Crippen LogP contribution in [-0.4, -0.2) is 24.5 Å². The van der Waals surface area contributed by atoms with Gasteiger partial charge in [0.15, 0.2) is 0 Å². The van der Waals surface area contributed by atoms with Crippen molar-refractivity contribution < 1.29 is 4.79 Å². The van der Waals surface area contributed by atoms with E-state index in [2.05, 4.69) is 22.5 Å². The summed E-state index contributed by atoms with van der Waals surface area (Å²) in [6, 6.07) is 1.65. The summed E-state index contributed by atoms with van der Waals surface area (Å²) in [7, 11) is 1.75. The summed E-state index contributed by atoms with van der Waals surface area (Å²) in [4.78, 5) is 16.2. The van der Waals surface area contributed by atoms with Gasteiger partial charge < -0.3 is 10.6 Å². The minimum absolute atomic E-state index is 0.0977. The number of carbonyl (C=O) groups is 1. The first-order valence-electron chi connectivity index (χ1n) is 6.72. The van der Waals surface area contributed by atoms with E-state index in [-0.39, 0.29) is 5.91 Å². The molecule has 5 heteroatoms. The molecule has 0 saturated heterocycles. The van der Waals surface area contributed by atoms with E-state index < -0.39 is 0 Å². The Kier molecular flexibility index (Phi) is 4.30. The average molecular weight is 282 g/mol. The molecule has 19 heavy (non-hydrogen) atoms. The van der Waals surface area contributed by atoms with E-state index in [4.69, 9.17) is 11.6 Å². The number of rotatable bonds is 6. The molecule has 0 bridgehead atoms. The van der Waals surface area contributed by atoms with Gasteiger partial charge in [-0.05, 0) is 30.7 Å². The highest BCUT2D eigenvalue weighted by molar-refractivity contribution is 6.33. The Morgan fingerprint density at radius 3 is 2.79 bits per heavy atom. The summed E-state index contributed by atoms with van der Waals surface area (Å²) in [5, 5.41) is 6.33. The Labute approximate surface area is 118 Å². The predicted molar refractivity (Wildman–Crippen MR) is 77.7 cm³/mol. The Morgan fingerprint density at radius 1 is 1.53 bits per heavy atom. The number of amides is 1. The summed E-state index contributed by atoms with van der Waals surface area (Å²) in [5.41, 5.74) is 0.864. The maximum Gasteiger partial charge on any atom is 0.252 e. The molecule has 1 heterocycles. The summed E-state index contributed by atoms with van der Waals surface area (Å²) in [6.07, 6.45) is 6.34. The molecule has 0 radical (unpaired) electrons. The lowest BCUT2D eigenvalue weighted by atomic mass is 10.0. The van der Waals surface area contributed by atoms with Gasteiger partial charge in [-0.3, -0.25) is 4.79 Å². The zero-order chi connectivity index (χ0) is 13.9. The van der Waals surface area contributed by atoms with E-state index in [0.717, 1.165) is 6.54 Å². The quantitative estimate of drug-likeness (QED) is 0.842. The maximum atomic E-state index is 12.0. The third-order valence-corrected chi connectivity index (χ3v) is 3.99. The number of aromatic nitrogens is 1. The normalized spacial score (nSPS) is 15.9. The fourth-order valence-corrected chi connectivity index (χ4v) is 2.60. The smallest absolute Gasteiger partial charge is 0.252 e. The highest BCUT2D eigenvalue weighted by Crippen LogP contribution is 2.48. The van der Waals surface area contributed by atoms with Crippen LogP contribution in [0.15, 0.2) is 12.3 Å². The van der Waals surface area contributed by atoms with E-state index in [1.165, 1.54) is 25.7 Å². The molecule has 1 aromatic rings. The molecular weight excluding hydrogens is 262 g/mol. The first-order chi connectivity index (χ1) is 9.10. The molecule has 0 aliphatic heterocycles. The van der Waals surface area contributed by atoms with Gasteiger partial charge in [0.05, 0.1) is 10.6 Å². The van der Waals surface area contributed by atoms with Crippen molar-refractivity contribution in [3.8, 4) is 0 Å². The van der Waals surface area contributed by atoms with Crippen molar-refractivity contribution in [1.29, 1.82) is 0 Å². The summed E-state index contributed by atoms with van der Waals surface area (Å²) in [5.74, 6) is 0.488. The molecule has 1 saturated carbocycles. The number of hydrogen-bond donors (Lipinski definition) is 2. The number of carbonyl (C=O) groups excluding carboxylic acids is 1. The zero-order valence-corrected chi connectivity index (χ0v) is 12.2. The molecule has 4 nitrogen and oxygen atoms in total. The van der Waals surface area contributed by atoms with Crippen LogP contribution in [0.3, 0.4) is 0 Å². The van der Waals surface area contributed by atoms with Crippen molar-refractivity contribution >= 4 is 23.3 Å². The van der Waals surface area contributed by atoms with Crippen LogP contribution < -0.4 is 10.6 Å². The average Bonchev–Trinajstić information content (AvgIpc) is 3.16. The lowest BCUT2D eigenvalue weighted by Gasteiger charge is -2.15. The van der Waals surface area contributed by atoms with Crippen LogP contribution in [0.5, 0.6) is 0 Å². The first-order valence-corrected chi connectivity index (χ1v) is 7.09. The van der Waals surface area contributed by atoms with Gasteiger partial charge in [0.25, 0.3) is 5.91 Å². The molecule has 104 valence electrons. The van der Waals surface area contributed by atoms with Crippen LogP contribution in [0, 0.1) is 5.41 Å². The van der Waals surface area contributed by atoms with Gasteiger partial charge in [-0.1, -0.05) is 24.9 Å². The monoisotopic (exact) mass is 281 g/mol. The van der Waals surface area contributed by atoms with Gasteiger partial charge in [-0.15, -0.1) is 0 Å². The van der Waals surface area contributed by atoms with E-state index in [0.29, 0.717) is 21.8 Å². The Morgan fingerprint density at radius 2 is 2.26 bits per heavy atom. The molecule has 0 atom stereocenters. The van der Waals surface area contributed by atoms with E-state index in [1.54, 1.807) is 19.3 Å². The number of hydrogen-bond acceptors (Lipinski definition) is 3. The van der Waals surface area contributed by atoms with Crippen LogP contribution in [0.2, 0.25) is 5.02 Å². The van der Waals surface area contributed by atoms with Gasteiger partial charge in [-0.25, -0.2) is 4.98 Å². The fraction of sp³-hybridized carbons (Fsp3) is 0.571. The van der Waals surface area contributed by atoms with Crippen molar-refractivity contribution in [2.75, 3.05) is 18.9 Å². The minimum Gasteiger partial charge on any atom is -0.372 e. The number of pyridine rings is 1. The Bertz CT molecular complexity index is 472. The molecule has 1 amide bonds. The summed E-state index contributed by atoms with van der Waals surface area (Å²) < 4.78 is 0. The van der Waals surface area contributed by atoms with E-state index in [1.807, 2.05) is 0 Å². The van der Waals surface area contributed by atoms with Gasteiger partial charge in [0.2, 0.25) is 0 Å². The molecule has 0 unspecified atom stereocenters. The van der Waals surface area contributed by atoms with Crippen molar-refractivity contribution in [3.63, 3.8) is 0 Å². The molecule has 1 aliphatic carbocycles. The second kappa shape index (κ2) is 5.78. The van der Waals surface area contributed by atoms with Crippen LogP contribution >= 0.6 is 11.6 Å². The molecule has 0 spiro atoms. The third kappa shape index (κ3) is 3.38. The highest BCUT2D eigenvalue weighted by atomic mass is 35.5. The summed E-state index contributed by atoms with van der Waals surface area (Å²) >= 11 is 6.02. The molecule has 0 aromatic carbocycles. The molecular formula is C14H20ClN3O. The SMILES string of the molecule is CCCC1(CNC(=O)c2cnc(NC)c(Cl)c2)CC1. The van der Waals surface area contributed by atoms with Crippen LogP contribution in [0.25, 0.3) is 0 Å². The molecule has 1 aliphatic rings. The number of nitrogens with one attached hydrogen (secondary N) is 2. The Balaban J connectivity index is 1.95. The first kappa shape index (κ1) is 14.1. The van der Waals surface area contributed by atoms with Crippen LogP contribution in [-0.2, 0) is 0 Å². The van der Waals surface area contributed by atoms with Gasteiger partial charge in [-0.2, -0.15) is 0 Å². The van der Waals surface area contributed by atoms with Crippen molar-refractivity contribution in [2.24, 2.45) is 5.41 Å². The van der Waals surface area contributed by atoms with Crippen molar-refractivity contribution in [2.45, 2.75) is 32.6 Å². The summed E-state index contributed by atoms with van der Waals surface area (Å²) in [6.45, 7) is 2.94. The van der Waals surface area contributed by atoms with Crippen LogP contribution in [0.1, 0.15) is 43.0 Å². The standard InChI is InChI=1S/C14H20ClN3O/c1-3-4-14(5-6-14)9-18-13(19)10-7-11(15)12(16-2)17-8-10/h7-8H,3-6,9H2,1-2H3,(H,16,17)(H,18,19). The molecule has 2 rings (SSSR count). The van der Waals surface area contributed by atoms with Crippen molar-refractivity contribution in [3.05, 3.63) is 22.8 Å². The maximum absolute atomic E-state index is 12.0. The minimum atomic E-state index is -0.0977. The lowest BCUT2D eigenvalue weighted by Crippen LogP contribution is -2.30. The highest BCUT2D eigenvalue weighted by Gasteiger charge is 2.41. The second-order valence-corrected chi connectivity index (χ2v) is 5.64. The second-order valence-electron chi connectivity index (χ2n) is 5.24. The fourth-order valence-electron chi connectivity index (χ4n) is 2.34. The number of anilines is 1.